The molecule has 0 aliphatic carbocycles. The Bertz CT molecular complexity index is 707. The van der Waals surface area contributed by atoms with Crippen molar-refractivity contribution in [3.05, 3.63) is 42.0 Å². The molecule has 2 aromatic heterocycles. The Morgan fingerprint density at radius 3 is 2.63 bits per heavy atom. The molecule has 0 fully saturated rings. The molecular weight excluding hydrogens is 306 g/mol. The molecule has 8 heteroatoms. The van der Waals surface area contributed by atoms with Crippen LogP contribution >= 0.6 is 22.9 Å². The van der Waals surface area contributed by atoms with Crippen LogP contribution in [0.15, 0.2) is 41.9 Å². The van der Waals surface area contributed by atoms with E-state index in [2.05, 4.69) is 18.1 Å². The molecule has 102 valence electrons. The topological polar surface area (TPSA) is 54.7 Å². The van der Waals surface area contributed by atoms with Gasteiger partial charge >= 0.3 is 0 Å². The van der Waals surface area contributed by atoms with Crippen molar-refractivity contribution in [2.24, 2.45) is 0 Å². The van der Waals surface area contributed by atoms with Gasteiger partial charge in [-0.2, -0.15) is 4.31 Å². The Hall–Kier alpha value is -1.15. The molecule has 0 unspecified atom stereocenters. The summed E-state index contributed by atoms with van der Waals surface area (Å²) in [5, 5.41) is 1.71. The molecule has 2 aromatic rings. The number of thiazole rings is 1. The highest BCUT2D eigenvalue weighted by Crippen LogP contribution is 2.27. The minimum absolute atomic E-state index is 0.0193. The van der Waals surface area contributed by atoms with E-state index in [0.717, 1.165) is 0 Å². The fourth-order valence-electron chi connectivity index (χ4n) is 1.65. The molecule has 0 bridgehead atoms. The number of hydrogen-bond donors (Lipinski definition) is 0. The minimum Gasteiger partial charge on any atom is -0.279 e. The second-order valence-corrected chi connectivity index (χ2v) is 6.75. The second kappa shape index (κ2) is 5.46. The lowest BCUT2D eigenvalue weighted by Gasteiger charge is -2.18. The van der Waals surface area contributed by atoms with Crippen LogP contribution in [0.25, 0.3) is 4.96 Å². The van der Waals surface area contributed by atoms with Crippen LogP contribution in [-0.2, 0) is 10.0 Å². The lowest BCUT2D eigenvalue weighted by Crippen LogP contribution is -2.32. The first-order valence-corrected chi connectivity index (χ1v) is 8.05. The summed E-state index contributed by atoms with van der Waals surface area (Å²) in [5.41, 5.74) is 0. The average Bonchev–Trinajstić information content (AvgIpc) is 2.87. The first-order valence-electron chi connectivity index (χ1n) is 5.35. The van der Waals surface area contributed by atoms with E-state index in [4.69, 9.17) is 11.6 Å². The molecule has 0 spiro atoms. The maximum Gasteiger partial charge on any atom is 0.262 e. The number of rotatable bonds is 6. The molecule has 0 aliphatic heterocycles. The highest BCUT2D eigenvalue weighted by molar-refractivity contribution is 7.89. The highest BCUT2D eigenvalue weighted by Gasteiger charge is 2.30. The highest BCUT2D eigenvalue weighted by atomic mass is 35.5. The number of fused-ring (bicyclic) bond motifs is 1. The predicted octanol–water partition coefficient (Wildman–Crippen LogP) is 2.41. The normalized spacial score (nSPS) is 12.1. The van der Waals surface area contributed by atoms with Crippen LogP contribution in [0.2, 0.25) is 5.15 Å². The molecule has 2 heterocycles. The molecule has 2 rings (SSSR count). The zero-order valence-electron chi connectivity index (χ0n) is 9.99. The van der Waals surface area contributed by atoms with Crippen LogP contribution in [0.1, 0.15) is 0 Å². The van der Waals surface area contributed by atoms with Crippen LogP contribution in [-0.4, -0.2) is 35.2 Å². The van der Waals surface area contributed by atoms with Crippen molar-refractivity contribution < 1.29 is 8.42 Å². The van der Waals surface area contributed by atoms with E-state index in [-0.39, 0.29) is 23.3 Å². The lowest BCUT2D eigenvalue weighted by atomic mass is 10.5. The monoisotopic (exact) mass is 317 g/mol. The summed E-state index contributed by atoms with van der Waals surface area (Å²) >= 11 is 7.28. The molecular formula is C11H12ClN3O2S2. The molecule has 0 aliphatic rings. The third kappa shape index (κ3) is 2.46. The summed E-state index contributed by atoms with van der Waals surface area (Å²) in [6, 6.07) is 0. The Morgan fingerprint density at radius 2 is 2.05 bits per heavy atom. The maximum atomic E-state index is 12.6. The zero-order valence-corrected chi connectivity index (χ0v) is 12.4. The maximum absolute atomic E-state index is 12.6. The molecule has 0 amide bonds. The van der Waals surface area contributed by atoms with Gasteiger partial charge in [-0.25, -0.2) is 13.4 Å². The summed E-state index contributed by atoms with van der Waals surface area (Å²) in [6.45, 7) is 7.48. The molecule has 0 saturated heterocycles. The van der Waals surface area contributed by atoms with Gasteiger partial charge in [0.15, 0.2) is 15.1 Å². The van der Waals surface area contributed by atoms with Gasteiger partial charge in [0, 0.05) is 24.7 Å². The SMILES string of the molecule is C=CCN(CC=C)S(=O)(=O)c1c(Cl)nc2sccn12. The van der Waals surface area contributed by atoms with Crippen molar-refractivity contribution in [2.45, 2.75) is 5.03 Å². The summed E-state index contributed by atoms with van der Waals surface area (Å²) in [4.78, 5) is 4.57. The summed E-state index contributed by atoms with van der Waals surface area (Å²) in [5.74, 6) is 0. The van der Waals surface area contributed by atoms with Crippen molar-refractivity contribution in [3.63, 3.8) is 0 Å². The van der Waals surface area contributed by atoms with Crippen molar-refractivity contribution in [1.29, 1.82) is 0 Å². The number of halogens is 1. The van der Waals surface area contributed by atoms with E-state index in [1.807, 2.05) is 0 Å². The molecule has 0 N–H and O–H groups in total. The largest absolute Gasteiger partial charge is 0.279 e. The van der Waals surface area contributed by atoms with E-state index >= 15 is 0 Å². The van der Waals surface area contributed by atoms with Gasteiger partial charge in [0.05, 0.1) is 0 Å². The number of hydrogen-bond acceptors (Lipinski definition) is 4. The first kappa shape index (κ1) is 14.3. The van der Waals surface area contributed by atoms with Gasteiger partial charge in [-0.05, 0) is 0 Å². The minimum atomic E-state index is -3.74. The van der Waals surface area contributed by atoms with Crippen LogP contribution in [0, 0.1) is 0 Å². The van der Waals surface area contributed by atoms with Gasteiger partial charge in [-0.15, -0.1) is 24.5 Å². The van der Waals surface area contributed by atoms with Gasteiger partial charge < -0.3 is 0 Å². The van der Waals surface area contributed by atoms with Gasteiger partial charge in [0.25, 0.3) is 10.0 Å². The number of aromatic nitrogens is 2. The Morgan fingerprint density at radius 1 is 1.42 bits per heavy atom. The number of sulfonamides is 1. The lowest BCUT2D eigenvalue weighted by molar-refractivity contribution is 0.470. The zero-order chi connectivity index (χ0) is 14.0. The van der Waals surface area contributed by atoms with Crippen molar-refractivity contribution >= 4 is 37.9 Å². The van der Waals surface area contributed by atoms with Crippen molar-refractivity contribution in [2.75, 3.05) is 13.1 Å². The Labute approximate surface area is 120 Å². The second-order valence-electron chi connectivity index (χ2n) is 3.66. The van der Waals surface area contributed by atoms with Crippen molar-refractivity contribution in [3.8, 4) is 0 Å². The molecule has 19 heavy (non-hydrogen) atoms. The third-order valence-corrected chi connectivity index (χ3v) is 5.42. The molecule has 0 atom stereocenters. The van der Waals surface area contributed by atoms with Crippen LogP contribution in [0.3, 0.4) is 0 Å². The predicted molar refractivity (Wildman–Crippen MR) is 77.2 cm³/mol. The average molecular weight is 318 g/mol. The molecule has 0 radical (unpaired) electrons. The van der Waals surface area contributed by atoms with E-state index < -0.39 is 10.0 Å². The first-order chi connectivity index (χ1) is 9.02. The van der Waals surface area contributed by atoms with Gasteiger partial charge in [-0.3, -0.25) is 4.40 Å². The van der Waals surface area contributed by atoms with Crippen LogP contribution in [0.4, 0.5) is 0 Å². The fourth-order valence-corrected chi connectivity index (χ4v) is 4.44. The fraction of sp³-hybridized carbons (Fsp3) is 0.182. The Balaban J connectivity index is 2.59. The summed E-state index contributed by atoms with van der Waals surface area (Å²) < 4.78 is 27.9. The third-order valence-electron chi connectivity index (χ3n) is 2.43. The number of nitrogens with zero attached hydrogens (tertiary/aromatic N) is 3. The van der Waals surface area contributed by atoms with Crippen LogP contribution in [0.5, 0.6) is 0 Å². The molecule has 0 saturated carbocycles. The molecule has 0 aromatic carbocycles. The molecule has 5 nitrogen and oxygen atoms in total. The van der Waals surface area contributed by atoms with Gasteiger partial charge in [0.2, 0.25) is 0 Å². The van der Waals surface area contributed by atoms with Crippen LogP contribution < -0.4 is 0 Å². The summed E-state index contributed by atoms with van der Waals surface area (Å²) in [7, 11) is -3.74. The number of imidazole rings is 1. The van der Waals surface area contributed by atoms with Crippen molar-refractivity contribution in [1.82, 2.24) is 13.7 Å². The van der Waals surface area contributed by atoms with E-state index in [1.165, 1.54) is 32.2 Å². The standard InChI is InChI=1S/C11H12ClN3O2S2/c1-3-5-14(6-4-2)19(16,17)10-9(12)13-11-15(10)7-8-18-11/h3-4,7-8H,1-2,5-6H2. The summed E-state index contributed by atoms with van der Waals surface area (Å²) in [6.07, 6.45) is 4.66. The van der Waals surface area contributed by atoms with E-state index in [0.29, 0.717) is 4.96 Å². The quantitative estimate of drug-likeness (QED) is 0.769. The Kier molecular flexibility index (Phi) is 4.10. The smallest absolute Gasteiger partial charge is 0.262 e. The van der Waals surface area contributed by atoms with E-state index in [9.17, 15) is 8.42 Å². The van der Waals surface area contributed by atoms with E-state index in [1.54, 1.807) is 11.6 Å². The van der Waals surface area contributed by atoms with Gasteiger partial charge in [0.1, 0.15) is 0 Å². The van der Waals surface area contributed by atoms with Gasteiger partial charge in [-0.1, -0.05) is 23.8 Å².